The van der Waals surface area contributed by atoms with Gasteiger partial charge in [-0.1, -0.05) is 19.1 Å². The molecule has 2 nitrogen and oxygen atoms in total. The smallest absolute Gasteiger partial charge is 0.124 e. The van der Waals surface area contributed by atoms with Crippen molar-refractivity contribution in [2.75, 3.05) is 0 Å². The minimum atomic E-state index is 0.271. The Hall–Kier alpha value is -0.350. The third kappa shape index (κ3) is 1.53. The van der Waals surface area contributed by atoms with Crippen LogP contribution in [0, 0.1) is 0 Å². The van der Waals surface area contributed by atoms with Crippen molar-refractivity contribution in [2.45, 2.75) is 12.8 Å². The second kappa shape index (κ2) is 2.98. The predicted octanol–water partition coefficient (Wildman–Crippen LogP) is 1.64. The molecule has 0 bridgehead atoms. The van der Waals surface area contributed by atoms with Crippen LogP contribution < -0.4 is 0 Å². The Bertz CT molecular complexity index is 183. The zero-order valence-electron chi connectivity index (χ0n) is 4.94. The van der Waals surface area contributed by atoms with Crippen LogP contribution in [0.25, 0.3) is 0 Å². The molecular formula is C5H6N2S2. The van der Waals surface area contributed by atoms with E-state index in [0.717, 1.165) is 5.01 Å². The summed E-state index contributed by atoms with van der Waals surface area (Å²) < 4.78 is 0. The van der Waals surface area contributed by atoms with Crippen LogP contribution in [0.4, 0.5) is 0 Å². The van der Waals surface area contributed by atoms with E-state index in [9.17, 15) is 0 Å². The van der Waals surface area contributed by atoms with Crippen molar-refractivity contribution in [2.24, 2.45) is 0 Å². The molecule has 0 spiro atoms. The van der Waals surface area contributed by atoms with Crippen molar-refractivity contribution in [3.8, 4) is 0 Å². The highest BCUT2D eigenvalue weighted by molar-refractivity contribution is 7.79. The first-order valence-corrected chi connectivity index (χ1v) is 3.91. The Morgan fingerprint density at radius 2 is 2.67 bits per heavy atom. The summed E-state index contributed by atoms with van der Waals surface area (Å²) in [6.07, 6.45) is 0. The maximum atomic E-state index is 4.74. The van der Waals surface area contributed by atoms with Gasteiger partial charge in [-0.15, -0.1) is 21.5 Å². The second-order valence-electron chi connectivity index (χ2n) is 1.70. The van der Waals surface area contributed by atoms with Crippen molar-refractivity contribution in [1.29, 1.82) is 0 Å². The van der Waals surface area contributed by atoms with E-state index in [4.69, 9.17) is 12.2 Å². The fraction of sp³-hybridized carbons (Fsp3) is 0.400. The Balaban J connectivity index is 2.76. The summed E-state index contributed by atoms with van der Waals surface area (Å²) in [6, 6.07) is 0. The number of aromatic nitrogens is 2. The lowest BCUT2D eigenvalue weighted by Crippen LogP contribution is -1.90. The number of hydrogen-bond donors (Lipinski definition) is 0. The molecule has 1 aromatic heterocycles. The van der Waals surface area contributed by atoms with Crippen molar-refractivity contribution in [1.82, 2.24) is 10.2 Å². The minimum Gasteiger partial charge on any atom is -0.147 e. The molecule has 0 amide bonds. The molecular weight excluding hydrogens is 152 g/mol. The summed E-state index contributed by atoms with van der Waals surface area (Å²) in [7, 11) is 0. The molecule has 0 N–H and O–H groups in total. The van der Waals surface area contributed by atoms with Crippen LogP contribution >= 0.6 is 23.6 Å². The van der Waals surface area contributed by atoms with Gasteiger partial charge in [-0.05, 0) is 5.37 Å². The van der Waals surface area contributed by atoms with E-state index in [-0.39, 0.29) is 5.92 Å². The molecule has 0 aliphatic heterocycles. The normalized spacial score (nSPS) is 13.0. The van der Waals surface area contributed by atoms with Crippen molar-refractivity contribution < 1.29 is 0 Å². The van der Waals surface area contributed by atoms with Gasteiger partial charge in [-0.25, -0.2) is 0 Å². The first-order chi connectivity index (χ1) is 4.34. The van der Waals surface area contributed by atoms with Crippen LogP contribution in [0.15, 0.2) is 5.51 Å². The molecule has 0 radical (unpaired) electrons. The highest BCUT2D eigenvalue weighted by atomic mass is 32.1. The zero-order valence-corrected chi connectivity index (χ0v) is 6.58. The van der Waals surface area contributed by atoms with Gasteiger partial charge in [-0.3, -0.25) is 0 Å². The van der Waals surface area contributed by atoms with Gasteiger partial charge < -0.3 is 0 Å². The highest BCUT2D eigenvalue weighted by Crippen LogP contribution is 2.13. The average Bonchev–Trinajstić information content (AvgIpc) is 2.37. The monoisotopic (exact) mass is 158 g/mol. The van der Waals surface area contributed by atoms with Gasteiger partial charge in [0, 0.05) is 5.92 Å². The van der Waals surface area contributed by atoms with Gasteiger partial charge in [0.05, 0.1) is 0 Å². The standard InChI is InChI=1S/C5H6N2S2/c1-4(2-8)5-7-6-3-9-5/h2-4H,1H3. The number of thiocarbonyl (C=S) groups is 1. The van der Waals surface area contributed by atoms with Gasteiger partial charge in [-0.2, -0.15) is 0 Å². The molecule has 1 unspecified atom stereocenters. The Kier molecular flexibility index (Phi) is 2.24. The molecule has 9 heavy (non-hydrogen) atoms. The van der Waals surface area contributed by atoms with Crippen LogP contribution in [-0.2, 0) is 0 Å². The summed E-state index contributed by atoms with van der Waals surface area (Å²) in [5.41, 5.74) is 1.71. The third-order valence-electron chi connectivity index (χ3n) is 0.971. The quantitative estimate of drug-likeness (QED) is 0.612. The Morgan fingerprint density at radius 1 is 1.89 bits per heavy atom. The zero-order chi connectivity index (χ0) is 6.69. The van der Waals surface area contributed by atoms with Crippen LogP contribution in [0.1, 0.15) is 17.8 Å². The average molecular weight is 158 g/mol. The van der Waals surface area contributed by atoms with Crippen LogP contribution in [0.3, 0.4) is 0 Å². The van der Waals surface area contributed by atoms with Crippen LogP contribution in [0.2, 0.25) is 0 Å². The first-order valence-electron chi connectivity index (χ1n) is 2.56. The summed E-state index contributed by atoms with van der Waals surface area (Å²) >= 11 is 6.27. The Morgan fingerprint density at radius 3 is 3.11 bits per heavy atom. The second-order valence-corrected chi connectivity index (χ2v) is 2.84. The lowest BCUT2D eigenvalue weighted by molar-refractivity contribution is 0.949. The lowest BCUT2D eigenvalue weighted by Gasteiger charge is -1.93. The molecule has 0 saturated carbocycles. The molecule has 48 valence electrons. The van der Waals surface area contributed by atoms with Crippen molar-refractivity contribution in [3.63, 3.8) is 0 Å². The first kappa shape index (κ1) is 6.77. The minimum absolute atomic E-state index is 0.271. The molecule has 4 heteroatoms. The van der Waals surface area contributed by atoms with Gasteiger partial charge in [0.25, 0.3) is 0 Å². The molecule has 0 fully saturated rings. The third-order valence-corrected chi connectivity index (χ3v) is 2.27. The molecule has 0 aromatic carbocycles. The number of rotatable bonds is 2. The highest BCUT2D eigenvalue weighted by Gasteiger charge is 2.02. The Labute approximate surface area is 62.9 Å². The molecule has 0 aliphatic rings. The predicted molar refractivity (Wildman–Crippen MR) is 42.0 cm³/mol. The van der Waals surface area contributed by atoms with Gasteiger partial charge in [0.15, 0.2) is 0 Å². The molecule has 0 saturated heterocycles. The molecule has 1 aromatic rings. The molecule has 1 rings (SSSR count). The number of hydrogen-bond acceptors (Lipinski definition) is 4. The fourth-order valence-electron chi connectivity index (χ4n) is 0.438. The molecule has 0 aliphatic carbocycles. The van der Waals surface area contributed by atoms with Gasteiger partial charge >= 0.3 is 0 Å². The van der Waals surface area contributed by atoms with Gasteiger partial charge in [0.1, 0.15) is 10.5 Å². The summed E-state index contributed by atoms with van der Waals surface area (Å²) in [4.78, 5) is 0. The summed E-state index contributed by atoms with van der Waals surface area (Å²) in [5.74, 6) is 0.271. The summed E-state index contributed by atoms with van der Waals surface area (Å²) in [6.45, 7) is 2.01. The van der Waals surface area contributed by atoms with Crippen molar-refractivity contribution in [3.05, 3.63) is 10.5 Å². The molecule has 1 atom stereocenters. The van der Waals surface area contributed by atoms with Crippen LogP contribution in [0.5, 0.6) is 0 Å². The lowest BCUT2D eigenvalue weighted by atomic mass is 10.2. The van der Waals surface area contributed by atoms with E-state index in [2.05, 4.69) is 10.2 Å². The van der Waals surface area contributed by atoms with E-state index >= 15 is 0 Å². The topological polar surface area (TPSA) is 25.8 Å². The summed E-state index contributed by atoms with van der Waals surface area (Å²) in [5, 5.41) is 10.2. The van der Waals surface area contributed by atoms with Crippen LogP contribution in [-0.4, -0.2) is 15.6 Å². The number of nitrogens with zero attached hydrogens (tertiary/aromatic N) is 2. The van der Waals surface area contributed by atoms with E-state index in [1.807, 2.05) is 6.92 Å². The fourth-order valence-corrected chi connectivity index (χ4v) is 1.23. The van der Waals surface area contributed by atoms with E-state index in [1.165, 1.54) is 11.3 Å². The maximum absolute atomic E-state index is 4.74. The SMILES string of the molecule is CC(C=S)c1nncs1. The van der Waals surface area contributed by atoms with E-state index < -0.39 is 0 Å². The van der Waals surface area contributed by atoms with Crippen molar-refractivity contribution >= 4 is 28.9 Å². The van der Waals surface area contributed by atoms with Gasteiger partial charge in [0.2, 0.25) is 0 Å². The maximum Gasteiger partial charge on any atom is 0.124 e. The van der Waals surface area contributed by atoms with E-state index in [0.29, 0.717) is 0 Å². The molecule has 1 heterocycles. The van der Waals surface area contributed by atoms with E-state index in [1.54, 1.807) is 10.9 Å². The largest absolute Gasteiger partial charge is 0.147 e.